The van der Waals surface area contributed by atoms with E-state index in [-0.39, 0.29) is 6.07 Å². The number of rotatable bonds is 2. The first-order valence-corrected chi connectivity index (χ1v) is 4.54. The Bertz CT molecular complexity index is 386. The van der Waals surface area contributed by atoms with Gasteiger partial charge in [-0.25, -0.2) is 17.6 Å². The Labute approximate surface area is 84.1 Å². The Kier molecular flexibility index (Phi) is 2.22. The van der Waals surface area contributed by atoms with Crippen LogP contribution in [0.5, 0.6) is 0 Å². The van der Waals surface area contributed by atoms with Crippen LogP contribution in [0.15, 0.2) is 6.07 Å². The highest BCUT2D eigenvalue weighted by molar-refractivity contribution is 5.34. The fourth-order valence-electron chi connectivity index (χ4n) is 1.74. The molecule has 1 aliphatic carbocycles. The molecule has 0 aromatic heterocycles. The van der Waals surface area contributed by atoms with Gasteiger partial charge in [-0.05, 0) is 19.9 Å². The number of benzene rings is 1. The molecule has 1 nitrogen and oxygen atoms in total. The number of nitrogens with one attached hydrogen (secondary N) is 1. The monoisotopic (exact) mass is 219 g/mol. The third-order valence-electron chi connectivity index (χ3n) is 2.82. The van der Waals surface area contributed by atoms with E-state index in [4.69, 9.17) is 0 Å². The van der Waals surface area contributed by atoms with Gasteiger partial charge in [0.15, 0.2) is 23.3 Å². The van der Waals surface area contributed by atoms with Gasteiger partial charge < -0.3 is 5.32 Å². The summed E-state index contributed by atoms with van der Waals surface area (Å²) in [5.41, 5.74) is -1.46. The molecular weight excluding hydrogens is 210 g/mol. The Hall–Kier alpha value is -1.10. The van der Waals surface area contributed by atoms with E-state index in [2.05, 4.69) is 5.32 Å². The number of hydrogen-bond donors (Lipinski definition) is 1. The van der Waals surface area contributed by atoms with Gasteiger partial charge in [-0.1, -0.05) is 0 Å². The maximum absolute atomic E-state index is 13.3. The van der Waals surface area contributed by atoms with Gasteiger partial charge in [-0.15, -0.1) is 0 Å². The van der Waals surface area contributed by atoms with Crippen LogP contribution in [0.25, 0.3) is 0 Å². The summed E-state index contributed by atoms with van der Waals surface area (Å²) in [6.07, 6.45) is 0.945. The molecule has 1 fully saturated rings. The van der Waals surface area contributed by atoms with Gasteiger partial charge in [0.1, 0.15) is 0 Å². The molecule has 0 atom stereocenters. The van der Waals surface area contributed by atoms with Crippen molar-refractivity contribution < 1.29 is 17.6 Å². The van der Waals surface area contributed by atoms with Crippen molar-refractivity contribution in [3.05, 3.63) is 34.9 Å². The highest BCUT2D eigenvalue weighted by atomic mass is 19.2. The molecule has 5 heteroatoms. The predicted octanol–water partition coefficient (Wildman–Crippen LogP) is 2.45. The smallest absolute Gasteiger partial charge is 0.167 e. The normalized spacial score (nSPS) is 17.9. The maximum atomic E-state index is 13.3. The second-order valence-corrected chi connectivity index (χ2v) is 3.68. The first-order valence-electron chi connectivity index (χ1n) is 4.54. The molecule has 0 heterocycles. The lowest BCUT2D eigenvalue weighted by atomic mass is 10.0. The molecule has 1 aromatic carbocycles. The minimum Gasteiger partial charge on any atom is -0.310 e. The summed E-state index contributed by atoms with van der Waals surface area (Å²) in [7, 11) is 1.51. The molecule has 15 heavy (non-hydrogen) atoms. The van der Waals surface area contributed by atoms with Crippen LogP contribution in [0.2, 0.25) is 0 Å². The second-order valence-electron chi connectivity index (χ2n) is 3.68. The van der Waals surface area contributed by atoms with Crippen molar-refractivity contribution in [1.29, 1.82) is 0 Å². The quantitative estimate of drug-likeness (QED) is 0.595. The molecule has 2 rings (SSSR count). The molecule has 0 saturated heterocycles. The number of halogens is 4. The lowest BCUT2D eigenvalue weighted by Crippen LogP contribution is -2.28. The zero-order valence-electron chi connectivity index (χ0n) is 8.00. The molecule has 1 saturated carbocycles. The summed E-state index contributed by atoms with van der Waals surface area (Å²) in [4.78, 5) is 0. The van der Waals surface area contributed by atoms with Gasteiger partial charge >= 0.3 is 0 Å². The first-order chi connectivity index (χ1) is 7.02. The van der Waals surface area contributed by atoms with Crippen LogP contribution < -0.4 is 5.32 Å². The van der Waals surface area contributed by atoms with Crippen molar-refractivity contribution in [1.82, 2.24) is 5.32 Å². The van der Waals surface area contributed by atoms with Gasteiger partial charge in [-0.3, -0.25) is 0 Å². The average molecular weight is 219 g/mol. The summed E-state index contributed by atoms with van der Waals surface area (Å²) in [6.45, 7) is 0. The minimum absolute atomic E-state index is 0.222. The van der Waals surface area contributed by atoms with Gasteiger partial charge in [0, 0.05) is 17.2 Å². The SMILES string of the molecule is CNC1(c2c(F)c(F)cc(F)c2F)CC1. The fraction of sp³-hybridized carbons (Fsp3) is 0.400. The highest BCUT2D eigenvalue weighted by Gasteiger charge is 2.48. The van der Waals surface area contributed by atoms with Crippen LogP contribution >= 0.6 is 0 Å². The van der Waals surface area contributed by atoms with Gasteiger partial charge in [0.05, 0.1) is 0 Å². The van der Waals surface area contributed by atoms with Crippen molar-refractivity contribution in [2.75, 3.05) is 7.05 Å². The van der Waals surface area contributed by atoms with Crippen molar-refractivity contribution in [2.24, 2.45) is 0 Å². The molecule has 1 N–H and O–H groups in total. The molecule has 0 bridgehead atoms. The molecule has 0 radical (unpaired) electrons. The standard InChI is InChI=1S/C10H9F4N/c1-15-10(2-3-10)7-8(13)5(11)4-6(12)9(7)14/h4,15H,2-3H2,1H3. The van der Waals surface area contributed by atoms with Crippen LogP contribution in [-0.2, 0) is 5.54 Å². The van der Waals surface area contributed by atoms with E-state index in [1.807, 2.05) is 0 Å². The molecule has 1 aliphatic rings. The van der Waals surface area contributed by atoms with Crippen LogP contribution in [0, 0.1) is 23.3 Å². The number of hydrogen-bond acceptors (Lipinski definition) is 1. The van der Waals surface area contributed by atoms with E-state index in [9.17, 15) is 17.6 Å². The molecule has 0 aliphatic heterocycles. The minimum atomic E-state index is -1.36. The summed E-state index contributed by atoms with van der Waals surface area (Å²) in [5.74, 6) is -5.32. The van der Waals surface area contributed by atoms with Gasteiger partial charge in [-0.2, -0.15) is 0 Å². The second kappa shape index (κ2) is 3.20. The van der Waals surface area contributed by atoms with Crippen molar-refractivity contribution in [3.8, 4) is 0 Å². The van der Waals surface area contributed by atoms with E-state index in [1.165, 1.54) is 7.05 Å². The molecule has 1 aromatic rings. The van der Waals surface area contributed by atoms with E-state index < -0.39 is 34.4 Å². The van der Waals surface area contributed by atoms with E-state index in [1.54, 1.807) is 0 Å². The molecule has 82 valence electrons. The van der Waals surface area contributed by atoms with Crippen LogP contribution in [-0.4, -0.2) is 7.05 Å². The maximum Gasteiger partial charge on any atom is 0.167 e. The first kappa shape index (κ1) is 10.4. The van der Waals surface area contributed by atoms with Crippen LogP contribution in [0.1, 0.15) is 18.4 Å². The zero-order valence-corrected chi connectivity index (χ0v) is 8.00. The Morgan fingerprint density at radius 1 is 1.07 bits per heavy atom. The lowest BCUT2D eigenvalue weighted by molar-refractivity contribution is 0.408. The fourth-order valence-corrected chi connectivity index (χ4v) is 1.74. The summed E-state index contributed by atoms with van der Waals surface area (Å²) >= 11 is 0. The average Bonchev–Trinajstić information content (AvgIpc) is 2.96. The van der Waals surface area contributed by atoms with Crippen molar-refractivity contribution >= 4 is 0 Å². The Morgan fingerprint density at radius 3 is 1.87 bits per heavy atom. The summed E-state index contributed by atoms with van der Waals surface area (Å²) in [5, 5.41) is 2.69. The largest absolute Gasteiger partial charge is 0.310 e. The lowest BCUT2D eigenvalue weighted by Gasteiger charge is -2.16. The molecular formula is C10H9F4N. The zero-order chi connectivity index (χ0) is 11.2. The topological polar surface area (TPSA) is 12.0 Å². The van der Waals surface area contributed by atoms with Crippen LogP contribution in [0.4, 0.5) is 17.6 Å². The third kappa shape index (κ3) is 1.42. The van der Waals surface area contributed by atoms with Crippen molar-refractivity contribution in [3.63, 3.8) is 0 Å². The predicted molar refractivity (Wildman–Crippen MR) is 46.2 cm³/mol. The van der Waals surface area contributed by atoms with Gasteiger partial charge in [0.25, 0.3) is 0 Å². The van der Waals surface area contributed by atoms with E-state index >= 15 is 0 Å². The van der Waals surface area contributed by atoms with E-state index in [0.29, 0.717) is 12.8 Å². The summed E-state index contributed by atoms with van der Waals surface area (Å²) < 4.78 is 52.5. The van der Waals surface area contributed by atoms with Crippen LogP contribution in [0.3, 0.4) is 0 Å². The van der Waals surface area contributed by atoms with E-state index in [0.717, 1.165) is 0 Å². The molecule has 0 amide bonds. The molecule has 0 spiro atoms. The van der Waals surface area contributed by atoms with Crippen molar-refractivity contribution in [2.45, 2.75) is 18.4 Å². The van der Waals surface area contributed by atoms with Gasteiger partial charge in [0.2, 0.25) is 0 Å². The third-order valence-corrected chi connectivity index (χ3v) is 2.82. The summed E-state index contributed by atoms with van der Waals surface area (Å²) in [6, 6.07) is 0.222. The Morgan fingerprint density at radius 2 is 1.53 bits per heavy atom. The highest BCUT2D eigenvalue weighted by Crippen LogP contribution is 2.47. The molecule has 0 unspecified atom stereocenters. The Balaban J connectivity index is 2.64.